The summed E-state index contributed by atoms with van der Waals surface area (Å²) in [6.07, 6.45) is 0. The predicted octanol–water partition coefficient (Wildman–Crippen LogP) is 3.09. The molecule has 0 aliphatic heterocycles. The third-order valence-electron chi connectivity index (χ3n) is 3.61. The van der Waals surface area contributed by atoms with Crippen LogP contribution < -0.4 is 10.1 Å². The molecule has 1 N–H and O–H groups in total. The number of esters is 1. The number of aryl methyl sites for hydroxylation is 1. The summed E-state index contributed by atoms with van der Waals surface area (Å²) >= 11 is 0. The van der Waals surface area contributed by atoms with Crippen molar-refractivity contribution in [3.8, 4) is 5.75 Å². The van der Waals surface area contributed by atoms with Crippen LogP contribution >= 0.6 is 0 Å². The van der Waals surface area contributed by atoms with Gasteiger partial charge in [0, 0.05) is 12.6 Å². The van der Waals surface area contributed by atoms with Crippen molar-refractivity contribution in [2.45, 2.75) is 6.92 Å². The minimum absolute atomic E-state index is 0.122. The molecule has 0 unspecified atom stereocenters. The van der Waals surface area contributed by atoms with E-state index in [1.54, 1.807) is 12.1 Å². The Morgan fingerprint density at radius 3 is 2.33 bits per heavy atom. The second kappa shape index (κ2) is 8.61. The molecule has 0 saturated heterocycles. The van der Waals surface area contributed by atoms with Crippen LogP contribution in [0.5, 0.6) is 5.75 Å². The van der Waals surface area contributed by atoms with Crippen LogP contribution in [0.4, 0.5) is 17.1 Å². The van der Waals surface area contributed by atoms with Crippen LogP contribution in [0.3, 0.4) is 0 Å². The summed E-state index contributed by atoms with van der Waals surface area (Å²) in [5, 5.41) is 25.0. The van der Waals surface area contributed by atoms with Crippen molar-refractivity contribution in [1.29, 1.82) is 0 Å². The van der Waals surface area contributed by atoms with E-state index < -0.39 is 27.2 Å². The first-order valence-electron chi connectivity index (χ1n) is 7.82. The number of benzene rings is 2. The van der Waals surface area contributed by atoms with Crippen LogP contribution in [0.15, 0.2) is 36.4 Å². The van der Waals surface area contributed by atoms with Crippen LogP contribution in [-0.4, -0.2) is 36.1 Å². The normalized spacial score (nSPS) is 10.1. The molecule has 0 bridgehead atoms. The van der Waals surface area contributed by atoms with Gasteiger partial charge in [-0.05, 0) is 19.1 Å². The topological polar surface area (TPSA) is 134 Å². The molecule has 0 atom stereocenters. The molecule has 2 aromatic carbocycles. The molecule has 27 heavy (non-hydrogen) atoms. The molecule has 0 amide bonds. The standard InChI is InChI=1S/C17H17N3O7/c1-11-3-5-13(6-4-11)27-8-7-18-16-14(17(21)26-2)9-12(19(22)23)10-15(16)20(24)25/h3-6,9-10,18H,7-8H2,1-2H3. The number of nitrogens with zero attached hydrogens (tertiary/aromatic N) is 2. The third kappa shape index (κ3) is 4.91. The van der Waals surface area contributed by atoms with Gasteiger partial charge in [-0.3, -0.25) is 20.2 Å². The van der Waals surface area contributed by atoms with Crippen molar-refractivity contribution in [3.63, 3.8) is 0 Å². The van der Waals surface area contributed by atoms with E-state index in [1.165, 1.54) is 0 Å². The van der Waals surface area contributed by atoms with Gasteiger partial charge >= 0.3 is 5.97 Å². The molecule has 10 heteroatoms. The van der Waals surface area contributed by atoms with E-state index in [9.17, 15) is 25.0 Å². The number of hydrogen-bond acceptors (Lipinski definition) is 8. The highest BCUT2D eigenvalue weighted by atomic mass is 16.6. The zero-order chi connectivity index (χ0) is 20.0. The number of methoxy groups -OCH3 is 1. The van der Waals surface area contributed by atoms with Crippen molar-refractivity contribution in [1.82, 2.24) is 0 Å². The van der Waals surface area contributed by atoms with Crippen LogP contribution in [0.2, 0.25) is 0 Å². The Hall–Kier alpha value is -3.69. The van der Waals surface area contributed by atoms with Gasteiger partial charge in [-0.15, -0.1) is 0 Å². The van der Waals surface area contributed by atoms with Gasteiger partial charge in [-0.25, -0.2) is 4.79 Å². The molecule has 2 rings (SSSR count). The van der Waals surface area contributed by atoms with E-state index in [0.29, 0.717) is 5.75 Å². The van der Waals surface area contributed by atoms with Crippen LogP contribution in [0.1, 0.15) is 15.9 Å². The average molecular weight is 375 g/mol. The first kappa shape index (κ1) is 19.6. The predicted molar refractivity (Wildman–Crippen MR) is 96.3 cm³/mol. The first-order chi connectivity index (χ1) is 12.8. The molecule has 0 aliphatic rings. The molecule has 0 radical (unpaired) electrons. The van der Waals surface area contributed by atoms with Gasteiger partial charge in [0.1, 0.15) is 18.0 Å². The van der Waals surface area contributed by atoms with Gasteiger partial charge in [-0.1, -0.05) is 17.7 Å². The van der Waals surface area contributed by atoms with E-state index in [0.717, 1.165) is 24.8 Å². The molecule has 10 nitrogen and oxygen atoms in total. The number of nitro benzene ring substituents is 2. The fourth-order valence-corrected chi connectivity index (χ4v) is 2.30. The maximum Gasteiger partial charge on any atom is 0.340 e. The van der Waals surface area contributed by atoms with Gasteiger partial charge in [0.25, 0.3) is 11.4 Å². The highest BCUT2D eigenvalue weighted by molar-refractivity contribution is 5.99. The smallest absolute Gasteiger partial charge is 0.340 e. The summed E-state index contributed by atoms with van der Waals surface area (Å²) in [4.78, 5) is 32.6. The number of ether oxygens (including phenoxy) is 2. The first-order valence-corrected chi connectivity index (χ1v) is 7.82. The Labute approximate surface area is 154 Å². The Morgan fingerprint density at radius 2 is 1.78 bits per heavy atom. The second-order valence-corrected chi connectivity index (χ2v) is 5.48. The molecule has 0 fully saturated rings. The van der Waals surface area contributed by atoms with E-state index in [2.05, 4.69) is 10.1 Å². The summed E-state index contributed by atoms with van der Waals surface area (Å²) in [6.45, 7) is 2.21. The summed E-state index contributed by atoms with van der Waals surface area (Å²) in [5.74, 6) is -0.308. The highest BCUT2D eigenvalue weighted by Crippen LogP contribution is 2.33. The van der Waals surface area contributed by atoms with E-state index in [1.807, 2.05) is 19.1 Å². The lowest BCUT2D eigenvalue weighted by molar-refractivity contribution is -0.393. The van der Waals surface area contributed by atoms with Crippen LogP contribution in [-0.2, 0) is 4.74 Å². The lowest BCUT2D eigenvalue weighted by Gasteiger charge is -2.12. The summed E-state index contributed by atoms with van der Waals surface area (Å²) < 4.78 is 10.1. The second-order valence-electron chi connectivity index (χ2n) is 5.48. The Bertz CT molecular complexity index is 866. The Morgan fingerprint density at radius 1 is 1.11 bits per heavy atom. The van der Waals surface area contributed by atoms with Gasteiger partial charge < -0.3 is 14.8 Å². The number of non-ortho nitro benzene ring substituents is 1. The summed E-state index contributed by atoms with van der Waals surface area (Å²) in [6, 6.07) is 9.03. The van der Waals surface area contributed by atoms with Crippen LogP contribution in [0.25, 0.3) is 0 Å². The number of nitro groups is 2. The molecule has 0 saturated carbocycles. The van der Waals surface area contributed by atoms with E-state index in [-0.39, 0.29) is 24.4 Å². The highest BCUT2D eigenvalue weighted by Gasteiger charge is 2.27. The monoisotopic (exact) mass is 375 g/mol. The number of rotatable bonds is 8. The lowest BCUT2D eigenvalue weighted by atomic mass is 10.1. The zero-order valence-corrected chi connectivity index (χ0v) is 14.6. The number of hydrogen-bond donors (Lipinski definition) is 1. The molecule has 142 valence electrons. The lowest BCUT2D eigenvalue weighted by Crippen LogP contribution is -2.16. The largest absolute Gasteiger partial charge is 0.492 e. The van der Waals surface area contributed by atoms with Crippen molar-refractivity contribution in [2.24, 2.45) is 0 Å². The fraction of sp³-hybridized carbons (Fsp3) is 0.235. The molecule has 0 aliphatic carbocycles. The zero-order valence-electron chi connectivity index (χ0n) is 14.6. The molecule has 0 spiro atoms. The minimum atomic E-state index is -0.927. The maximum atomic E-state index is 11.9. The Balaban J connectivity index is 2.22. The molecular weight excluding hydrogens is 358 g/mol. The van der Waals surface area contributed by atoms with Gasteiger partial charge in [-0.2, -0.15) is 0 Å². The summed E-state index contributed by atoms with van der Waals surface area (Å²) in [7, 11) is 1.08. The van der Waals surface area contributed by atoms with Crippen LogP contribution in [0, 0.1) is 27.2 Å². The van der Waals surface area contributed by atoms with Gasteiger partial charge in [0.2, 0.25) is 0 Å². The minimum Gasteiger partial charge on any atom is -0.492 e. The summed E-state index contributed by atoms with van der Waals surface area (Å²) in [5.41, 5.74) is -0.563. The van der Waals surface area contributed by atoms with E-state index >= 15 is 0 Å². The van der Waals surface area contributed by atoms with Crippen molar-refractivity contribution in [2.75, 3.05) is 25.6 Å². The quantitative estimate of drug-likeness (QED) is 0.322. The number of carbonyl (C=O) groups is 1. The average Bonchev–Trinajstić information content (AvgIpc) is 2.65. The van der Waals surface area contributed by atoms with E-state index in [4.69, 9.17) is 4.74 Å². The number of anilines is 1. The molecular formula is C17H17N3O7. The fourth-order valence-electron chi connectivity index (χ4n) is 2.30. The van der Waals surface area contributed by atoms with Gasteiger partial charge in [0.15, 0.2) is 0 Å². The Kier molecular flexibility index (Phi) is 6.26. The maximum absolute atomic E-state index is 11.9. The number of carbonyl (C=O) groups excluding carboxylic acids is 1. The number of nitrogens with one attached hydrogen (secondary N) is 1. The molecule has 0 heterocycles. The van der Waals surface area contributed by atoms with Crippen molar-refractivity contribution < 1.29 is 24.1 Å². The van der Waals surface area contributed by atoms with Crippen molar-refractivity contribution in [3.05, 3.63) is 67.8 Å². The molecule has 2 aromatic rings. The third-order valence-corrected chi connectivity index (χ3v) is 3.61. The SMILES string of the molecule is COC(=O)c1cc([N+](=O)[O-])cc([N+](=O)[O-])c1NCCOc1ccc(C)cc1. The van der Waals surface area contributed by atoms with Crippen molar-refractivity contribution >= 4 is 23.0 Å². The van der Waals surface area contributed by atoms with Gasteiger partial charge in [0.05, 0.1) is 28.6 Å². The molecule has 0 aromatic heterocycles.